The maximum atomic E-state index is 12.0. The van der Waals surface area contributed by atoms with Crippen LogP contribution in [0.25, 0.3) is 28.5 Å². The molecule has 7 heteroatoms. The molecule has 3 heterocycles. The van der Waals surface area contributed by atoms with Gasteiger partial charge in [-0.15, -0.1) is 10.2 Å². The van der Waals surface area contributed by atoms with Gasteiger partial charge in [-0.2, -0.15) is 0 Å². The van der Waals surface area contributed by atoms with E-state index < -0.39 is 5.91 Å². The summed E-state index contributed by atoms with van der Waals surface area (Å²) in [5.41, 5.74) is 8.56. The minimum Gasteiger partial charge on any atom is -0.364 e. The van der Waals surface area contributed by atoms with Crippen molar-refractivity contribution in [3.8, 4) is 28.5 Å². The van der Waals surface area contributed by atoms with Crippen LogP contribution in [0.3, 0.4) is 0 Å². The summed E-state index contributed by atoms with van der Waals surface area (Å²) in [6.45, 7) is 4.11. The Balaban J connectivity index is 1.82. The van der Waals surface area contributed by atoms with Crippen molar-refractivity contribution in [1.29, 1.82) is 0 Å². The molecule has 0 radical (unpaired) electrons. The monoisotopic (exact) mass is 372 g/mol. The molecule has 0 unspecified atom stereocenters. The van der Waals surface area contributed by atoms with Gasteiger partial charge in [0.15, 0.2) is 5.82 Å². The average molecular weight is 372 g/mol. The number of carbonyl (C=O) groups excluding carboxylic acids is 1. The number of benzene rings is 1. The van der Waals surface area contributed by atoms with E-state index in [4.69, 9.17) is 10.7 Å². The van der Waals surface area contributed by atoms with Crippen LogP contribution >= 0.6 is 0 Å². The maximum Gasteiger partial charge on any atom is 0.265 e. The van der Waals surface area contributed by atoms with Gasteiger partial charge in [0.1, 0.15) is 23.5 Å². The molecule has 1 amide bonds. The lowest BCUT2D eigenvalue weighted by atomic mass is 10.1. The molecule has 1 aromatic carbocycles. The van der Waals surface area contributed by atoms with Crippen LogP contribution < -0.4 is 5.73 Å². The minimum atomic E-state index is -0.514. The van der Waals surface area contributed by atoms with Crippen molar-refractivity contribution in [3.05, 3.63) is 72.8 Å². The van der Waals surface area contributed by atoms with Crippen LogP contribution in [0, 0.1) is 0 Å². The van der Waals surface area contributed by atoms with Gasteiger partial charge in [-0.25, -0.2) is 4.98 Å². The van der Waals surface area contributed by atoms with E-state index in [2.05, 4.69) is 24.0 Å². The van der Waals surface area contributed by atoms with Crippen LogP contribution in [-0.4, -0.2) is 30.2 Å². The first-order chi connectivity index (χ1) is 13.5. The number of nitrogens with zero attached hydrogens (tertiary/aromatic N) is 5. The smallest absolute Gasteiger partial charge is 0.265 e. The van der Waals surface area contributed by atoms with E-state index in [0.717, 1.165) is 11.1 Å². The zero-order valence-corrected chi connectivity index (χ0v) is 15.6. The summed E-state index contributed by atoms with van der Waals surface area (Å²) in [5, 5.41) is 8.21. The van der Waals surface area contributed by atoms with Crippen molar-refractivity contribution in [1.82, 2.24) is 24.3 Å². The molecule has 3 aromatic heterocycles. The Morgan fingerprint density at radius 3 is 2.54 bits per heavy atom. The second kappa shape index (κ2) is 7.11. The van der Waals surface area contributed by atoms with Crippen molar-refractivity contribution in [2.45, 2.75) is 19.9 Å². The summed E-state index contributed by atoms with van der Waals surface area (Å²) in [6.07, 6.45) is 3.56. The van der Waals surface area contributed by atoms with E-state index in [1.165, 1.54) is 0 Å². The van der Waals surface area contributed by atoms with Gasteiger partial charge >= 0.3 is 0 Å². The Morgan fingerprint density at radius 1 is 1.04 bits per heavy atom. The van der Waals surface area contributed by atoms with Gasteiger partial charge in [-0.3, -0.25) is 9.36 Å². The molecular weight excluding hydrogens is 352 g/mol. The SMILES string of the molecule is CC(C)n1cnnc1-c1cccc(-n2cc(-c3ccccc3)cc2C(N)=O)n1. The molecule has 140 valence electrons. The number of carbonyl (C=O) groups is 1. The second-order valence-electron chi connectivity index (χ2n) is 6.75. The molecular formula is C21H20N6O. The standard InChI is InChI=1S/C21H20N6O/c1-14(2)27-13-23-25-21(27)17-9-6-10-19(24-17)26-12-16(11-18(26)20(22)28)15-7-4-3-5-8-15/h3-14H,1-2H3,(H2,22,28). The van der Waals surface area contributed by atoms with Crippen molar-refractivity contribution < 1.29 is 4.79 Å². The molecule has 0 spiro atoms. The summed E-state index contributed by atoms with van der Waals surface area (Å²) >= 11 is 0. The van der Waals surface area contributed by atoms with Gasteiger partial charge in [0.2, 0.25) is 0 Å². The summed E-state index contributed by atoms with van der Waals surface area (Å²) in [7, 11) is 0. The minimum absolute atomic E-state index is 0.202. The third kappa shape index (κ3) is 3.18. The number of aromatic nitrogens is 5. The molecule has 0 saturated carbocycles. The zero-order valence-electron chi connectivity index (χ0n) is 15.6. The summed E-state index contributed by atoms with van der Waals surface area (Å²) < 4.78 is 3.66. The molecule has 0 saturated heterocycles. The molecule has 0 fully saturated rings. The molecule has 0 atom stereocenters. The Kier molecular flexibility index (Phi) is 4.49. The number of pyridine rings is 1. The molecule has 2 N–H and O–H groups in total. The number of nitrogens with two attached hydrogens (primary N) is 1. The lowest BCUT2D eigenvalue weighted by Gasteiger charge is -2.11. The number of primary amides is 1. The van der Waals surface area contributed by atoms with Gasteiger partial charge in [0.25, 0.3) is 5.91 Å². The molecule has 0 bridgehead atoms. The number of hydrogen-bond donors (Lipinski definition) is 1. The van der Waals surface area contributed by atoms with Crippen molar-refractivity contribution >= 4 is 5.91 Å². The van der Waals surface area contributed by atoms with E-state index in [1.54, 1.807) is 17.0 Å². The fraction of sp³-hybridized carbons (Fsp3) is 0.143. The van der Waals surface area contributed by atoms with Gasteiger partial charge in [0.05, 0.1) is 0 Å². The highest BCUT2D eigenvalue weighted by Gasteiger charge is 2.16. The van der Waals surface area contributed by atoms with E-state index in [0.29, 0.717) is 23.0 Å². The van der Waals surface area contributed by atoms with E-state index >= 15 is 0 Å². The quantitative estimate of drug-likeness (QED) is 0.580. The van der Waals surface area contributed by atoms with Crippen molar-refractivity contribution in [2.24, 2.45) is 5.73 Å². The highest BCUT2D eigenvalue weighted by molar-refractivity contribution is 5.93. The lowest BCUT2D eigenvalue weighted by Crippen LogP contribution is -2.16. The Morgan fingerprint density at radius 2 is 1.82 bits per heavy atom. The molecule has 28 heavy (non-hydrogen) atoms. The molecule has 4 aromatic rings. The Hall–Kier alpha value is -3.74. The number of rotatable bonds is 5. The molecule has 7 nitrogen and oxygen atoms in total. The lowest BCUT2D eigenvalue weighted by molar-refractivity contribution is 0.0994. The molecule has 0 aliphatic heterocycles. The van der Waals surface area contributed by atoms with E-state index in [1.807, 2.05) is 59.3 Å². The van der Waals surface area contributed by atoms with Crippen LogP contribution in [0.5, 0.6) is 0 Å². The highest BCUT2D eigenvalue weighted by Crippen LogP contribution is 2.25. The predicted molar refractivity (Wildman–Crippen MR) is 107 cm³/mol. The largest absolute Gasteiger partial charge is 0.364 e. The van der Waals surface area contributed by atoms with Gasteiger partial charge in [-0.05, 0) is 37.6 Å². The van der Waals surface area contributed by atoms with Crippen LogP contribution in [0.4, 0.5) is 0 Å². The first kappa shape index (κ1) is 17.7. The summed E-state index contributed by atoms with van der Waals surface area (Å²) in [4.78, 5) is 16.8. The third-order valence-corrected chi connectivity index (χ3v) is 4.52. The second-order valence-corrected chi connectivity index (χ2v) is 6.75. The topological polar surface area (TPSA) is 91.6 Å². The van der Waals surface area contributed by atoms with Crippen LogP contribution in [0.1, 0.15) is 30.4 Å². The number of amides is 1. The molecule has 0 aliphatic carbocycles. The third-order valence-electron chi connectivity index (χ3n) is 4.52. The summed E-state index contributed by atoms with van der Waals surface area (Å²) in [6, 6.07) is 17.4. The number of hydrogen-bond acceptors (Lipinski definition) is 4. The van der Waals surface area contributed by atoms with Gasteiger partial charge in [-0.1, -0.05) is 36.4 Å². The fourth-order valence-electron chi connectivity index (χ4n) is 3.12. The molecule has 4 rings (SSSR count). The van der Waals surface area contributed by atoms with Crippen LogP contribution in [0.2, 0.25) is 0 Å². The molecule has 0 aliphatic rings. The van der Waals surface area contributed by atoms with Crippen LogP contribution in [-0.2, 0) is 0 Å². The Bertz CT molecular complexity index is 1130. The van der Waals surface area contributed by atoms with Crippen LogP contribution in [0.15, 0.2) is 67.1 Å². The Labute approximate surface area is 162 Å². The maximum absolute atomic E-state index is 12.0. The average Bonchev–Trinajstić information content (AvgIpc) is 3.36. The highest BCUT2D eigenvalue weighted by atomic mass is 16.1. The first-order valence-electron chi connectivity index (χ1n) is 8.99. The van der Waals surface area contributed by atoms with Gasteiger partial charge < -0.3 is 10.3 Å². The van der Waals surface area contributed by atoms with E-state index in [9.17, 15) is 4.79 Å². The van der Waals surface area contributed by atoms with Crippen molar-refractivity contribution in [3.63, 3.8) is 0 Å². The van der Waals surface area contributed by atoms with Gasteiger partial charge in [0, 0.05) is 17.8 Å². The first-order valence-corrected chi connectivity index (χ1v) is 8.99. The van der Waals surface area contributed by atoms with Crippen molar-refractivity contribution in [2.75, 3.05) is 0 Å². The predicted octanol–water partition coefficient (Wildman–Crippen LogP) is 3.48. The normalized spacial score (nSPS) is 11.1. The zero-order chi connectivity index (χ0) is 19.7. The summed E-state index contributed by atoms with van der Waals surface area (Å²) in [5.74, 6) is 0.749. The van der Waals surface area contributed by atoms with E-state index in [-0.39, 0.29) is 6.04 Å². The fourth-order valence-corrected chi connectivity index (χ4v) is 3.12.